The maximum atomic E-state index is 6.30. The lowest BCUT2D eigenvalue weighted by Crippen LogP contribution is -1.85. The predicted octanol–water partition coefficient (Wildman–Crippen LogP) is 7.64. The first kappa shape index (κ1) is 18.6. The second kappa shape index (κ2) is 8.36. The molecule has 2 rings (SSSR count). The lowest BCUT2D eigenvalue weighted by atomic mass is 10.1. The molecule has 0 radical (unpaired) electrons. The molecule has 2 aromatic rings. The SMILES string of the molecule is CC(C)N=Nc1ccc(-c2ccc(N=NC(C)C)c(Cl)c2)cc1Cl. The second-order valence-corrected chi connectivity index (χ2v) is 6.77. The van der Waals surface area contributed by atoms with Crippen LogP contribution in [0.5, 0.6) is 0 Å². The van der Waals surface area contributed by atoms with Crippen molar-refractivity contribution in [2.24, 2.45) is 20.5 Å². The van der Waals surface area contributed by atoms with Gasteiger partial charge in [0, 0.05) is 0 Å². The minimum Gasteiger partial charge on any atom is -0.186 e. The number of hydrogen-bond donors (Lipinski definition) is 0. The molecule has 6 heteroatoms. The molecule has 0 bridgehead atoms. The predicted molar refractivity (Wildman–Crippen MR) is 101 cm³/mol. The summed E-state index contributed by atoms with van der Waals surface area (Å²) in [6, 6.07) is 11.6. The Labute approximate surface area is 152 Å². The summed E-state index contributed by atoms with van der Waals surface area (Å²) in [5, 5.41) is 17.6. The molecule has 126 valence electrons. The van der Waals surface area contributed by atoms with E-state index in [1.165, 1.54) is 0 Å². The van der Waals surface area contributed by atoms with Crippen molar-refractivity contribution in [1.82, 2.24) is 0 Å². The molecule has 0 atom stereocenters. The van der Waals surface area contributed by atoms with Crippen LogP contribution < -0.4 is 0 Å². The monoisotopic (exact) mass is 362 g/mol. The topological polar surface area (TPSA) is 49.4 Å². The van der Waals surface area contributed by atoms with Crippen LogP contribution in [0.15, 0.2) is 56.9 Å². The molecule has 0 aliphatic rings. The van der Waals surface area contributed by atoms with E-state index in [0.29, 0.717) is 21.4 Å². The van der Waals surface area contributed by atoms with E-state index in [1.54, 1.807) is 0 Å². The molecule has 0 spiro atoms. The van der Waals surface area contributed by atoms with Crippen LogP contribution >= 0.6 is 23.2 Å². The van der Waals surface area contributed by atoms with Crippen LogP contribution in [0.2, 0.25) is 10.0 Å². The zero-order chi connectivity index (χ0) is 17.7. The summed E-state index contributed by atoms with van der Waals surface area (Å²) in [7, 11) is 0. The number of rotatable bonds is 5. The van der Waals surface area contributed by atoms with Crippen LogP contribution in [-0.2, 0) is 0 Å². The van der Waals surface area contributed by atoms with Gasteiger partial charge in [-0.3, -0.25) is 0 Å². The molecule has 24 heavy (non-hydrogen) atoms. The Morgan fingerprint density at radius 3 is 1.33 bits per heavy atom. The van der Waals surface area contributed by atoms with E-state index in [4.69, 9.17) is 23.2 Å². The van der Waals surface area contributed by atoms with E-state index in [0.717, 1.165) is 11.1 Å². The highest BCUT2D eigenvalue weighted by Crippen LogP contribution is 2.34. The maximum absolute atomic E-state index is 6.30. The highest BCUT2D eigenvalue weighted by atomic mass is 35.5. The maximum Gasteiger partial charge on any atom is 0.104 e. The first-order valence-electron chi connectivity index (χ1n) is 7.78. The molecule has 0 fully saturated rings. The minimum absolute atomic E-state index is 0.132. The summed E-state index contributed by atoms with van der Waals surface area (Å²) in [5.74, 6) is 0. The number of halogens is 2. The summed E-state index contributed by atoms with van der Waals surface area (Å²) in [6.07, 6.45) is 0. The number of azo groups is 2. The Kier molecular flexibility index (Phi) is 6.46. The zero-order valence-electron chi connectivity index (χ0n) is 14.2. The molecule has 2 aromatic carbocycles. The summed E-state index contributed by atoms with van der Waals surface area (Å²) in [6.45, 7) is 7.86. The van der Waals surface area contributed by atoms with Gasteiger partial charge < -0.3 is 0 Å². The van der Waals surface area contributed by atoms with E-state index in [-0.39, 0.29) is 12.1 Å². The van der Waals surface area contributed by atoms with Gasteiger partial charge in [0.1, 0.15) is 11.4 Å². The van der Waals surface area contributed by atoms with Crippen LogP contribution in [0.25, 0.3) is 11.1 Å². The van der Waals surface area contributed by atoms with Crippen molar-refractivity contribution >= 4 is 34.6 Å². The molecule has 0 aliphatic carbocycles. The van der Waals surface area contributed by atoms with Crippen molar-refractivity contribution in [2.45, 2.75) is 39.8 Å². The minimum atomic E-state index is 0.132. The Hall–Kier alpha value is -1.78. The second-order valence-electron chi connectivity index (χ2n) is 5.95. The fraction of sp³-hybridized carbons (Fsp3) is 0.333. The van der Waals surface area contributed by atoms with Gasteiger partial charge in [-0.1, -0.05) is 35.3 Å². The van der Waals surface area contributed by atoms with Gasteiger partial charge in [0.05, 0.1) is 22.1 Å². The van der Waals surface area contributed by atoms with Gasteiger partial charge in [-0.15, -0.1) is 0 Å². The van der Waals surface area contributed by atoms with E-state index in [9.17, 15) is 0 Å². The van der Waals surface area contributed by atoms with Crippen molar-refractivity contribution in [3.63, 3.8) is 0 Å². The van der Waals surface area contributed by atoms with Crippen LogP contribution in [-0.4, -0.2) is 12.1 Å². The van der Waals surface area contributed by atoms with E-state index >= 15 is 0 Å². The van der Waals surface area contributed by atoms with Gasteiger partial charge in [0.25, 0.3) is 0 Å². The Bertz CT molecular complexity index is 702. The zero-order valence-corrected chi connectivity index (χ0v) is 15.7. The number of hydrogen-bond acceptors (Lipinski definition) is 4. The van der Waals surface area contributed by atoms with Gasteiger partial charge in [0.2, 0.25) is 0 Å². The Morgan fingerprint density at radius 1 is 0.667 bits per heavy atom. The van der Waals surface area contributed by atoms with Crippen molar-refractivity contribution in [3.8, 4) is 11.1 Å². The summed E-state index contributed by atoms with van der Waals surface area (Å²) in [5.41, 5.74) is 3.22. The van der Waals surface area contributed by atoms with Gasteiger partial charge in [0.15, 0.2) is 0 Å². The van der Waals surface area contributed by atoms with Gasteiger partial charge >= 0.3 is 0 Å². The molecule has 0 heterocycles. The smallest absolute Gasteiger partial charge is 0.104 e. The van der Waals surface area contributed by atoms with Gasteiger partial charge in [-0.05, 0) is 63.1 Å². The molecular weight excluding hydrogens is 343 g/mol. The Balaban J connectivity index is 2.29. The van der Waals surface area contributed by atoms with Crippen LogP contribution in [0.4, 0.5) is 11.4 Å². The van der Waals surface area contributed by atoms with Crippen molar-refractivity contribution in [2.75, 3.05) is 0 Å². The number of nitrogens with zero attached hydrogens (tertiary/aromatic N) is 4. The first-order chi connectivity index (χ1) is 11.4. The van der Waals surface area contributed by atoms with Crippen LogP contribution in [0.1, 0.15) is 27.7 Å². The average Bonchev–Trinajstić information content (AvgIpc) is 2.52. The normalized spacial score (nSPS) is 12.2. The van der Waals surface area contributed by atoms with Crippen molar-refractivity contribution in [1.29, 1.82) is 0 Å². The van der Waals surface area contributed by atoms with E-state index in [1.807, 2.05) is 64.1 Å². The summed E-state index contributed by atoms with van der Waals surface area (Å²) in [4.78, 5) is 0. The Morgan fingerprint density at radius 2 is 1.04 bits per heavy atom. The highest BCUT2D eigenvalue weighted by molar-refractivity contribution is 6.34. The largest absolute Gasteiger partial charge is 0.186 e. The molecular formula is C18H20Cl2N4. The standard InChI is InChI=1S/C18H20Cl2N4/c1-11(2)21-23-17-7-5-13(9-15(17)19)14-6-8-18(16(20)10-14)24-22-12(3)4/h5-12H,1-4H3. The van der Waals surface area contributed by atoms with Crippen LogP contribution in [0, 0.1) is 0 Å². The number of benzene rings is 2. The molecule has 0 unspecified atom stereocenters. The third-order valence-electron chi connectivity index (χ3n) is 3.02. The highest BCUT2D eigenvalue weighted by Gasteiger charge is 2.07. The molecule has 0 aromatic heterocycles. The molecule has 0 saturated heterocycles. The summed E-state index contributed by atoms with van der Waals surface area (Å²) < 4.78 is 0. The van der Waals surface area contributed by atoms with Crippen molar-refractivity contribution < 1.29 is 0 Å². The third kappa shape index (κ3) is 5.11. The van der Waals surface area contributed by atoms with Crippen molar-refractivity contribution in [3.05, 3.63) is 46.4 Å². The van der Waals surface area contributed by atoms with Gasteiger partial charge in [-0.2, -0.15) is 20.5 Å². The molecule has 0 N–H and O–H groups in total. The first-order valence-corrected chi connectivity index (χ1v) is 8.53. The van der Waals surface area contributed by atoms with Crippen LogP contribution in [0.3, 0.4) is 0 Å². The lowest BCUT2D eigenvalue weighted by Gasteiger charge is -2.06. The molecule has 4 nitrogen and oxygen atoms in total. The fourth-order valence-corrected chi connectivity index (χ4v) is 2.33. The van der Waals surface area contributed by atoms with E-state index < -0.39 is 0 Å². The molecule has 0 amide bonds. The summed E-state index contributed by atoms with van der Waals surface area (Å²) >= 11 is 12.6. The molecule has 0 aliphatic heterocycles. The van der Waals surface area contributed by atoms with E-state index in [2.05, 4.69) is 20.5 Å². The quantitative estimate of drug-likeness (QED) is 0.490. The van der Waals surface area contributed by atoms with Gasteiger partial charge in [-0.25, -0.2) is 0 Å². The molecule has 0 saturated carbocycles. The third-order valence-corrected chi connectivity index (χ3v) is 3.63. The average molecular weight is 363 g/mol. The lowest BCUT2D eigenvalue weighted by molar-refractivity contribution is 0.779. The fourth-order valence-electron chi connectivity index (χ4n) is 1.89.